The summed E-state index contributed by atoms with van der Waals surface area (Å²) in [6.07, 6.45) is 0. The summed E-state index contributed by atoms with van der Waals surface area (Å²) >= 11 is 6.64. The van der Waals surface area contributed by atoms with Crippen LogP contribution in [0, 0.1) is 0 Å². The van der Waals surface area contributed by atoms with E-state index in [0.717, 1.165) is 8.95 Å². The van der Waals surface area contributed by atoms with E-state index >= 15 is 0 Å². The maximum Gasteiger partial charge on any atom is 0.338 e. The molecule has 0 saturated carbocycles. The van der Waals surface area contributed by atoms with Crippen LogP contribution in [0.2, 0.25) is 0 Å². The quantitative estimate of drug-likeness (QED) is 0.455. The Morgan fingerprint density at radius 1 is 1.05 bits per heavy atom. The standard InChI is InChI=1S/C15H13Br2NO3/c16-11-2-1-3-14(9-11)20-4-5-21-15(19)10-6-12(17)8-13(18)7-10/h1-3,6-9H,4-5,18H2. The van der Waals surface area contributed by atoms with Gasteiger partial charge in [0.25, 0.3) is 0 Å². The van der Waals surface area contributed by atoms with Gasteiger partial charge < -0.3 is 15.2 Å². The first kappa shape index (κ1) is 15.9. The molecule has 21 heavy (non-hydrogen) atoms. The van der Waals surface area contributed by atoms with E-state index in [4.69, 9.17) is 15.2 Å². The van der Waals surface area contributed by atoms with Crippen molar-refractivity contribution in [3.63, 3.8) is 0 Å². The highest BCUT2D eigenvalue weighted by Crippen LogP contribution is 2.19. The Bertz CT molecular complexity index is 626. The van der Waals surface area contributed by atoms with Gasteiger partial charge >= 0.3 is 5.97 Å². The molecular weight excluding hydrogens is 402 g/mol. The molecule has 0 aromatic heterocycles. The van der Waals surface area contributed by atoms with Crippen molar-refractivity contribution in [1.82, 2.24) is 0 Å². The van der Waals surface area contributed by atoms with Gasteiger partial charge in [-0.25, -0.2) is 4.79 Å². The molecule has 0 aliphatic carbocycles. The number of carbonyl (C=O) groups excluding carboxylic acids is 1. The minimum atomic E-state index is -0.430. The van der Waals surface area contributed by atoms with E-state index in [0.29, 0.717) is 17.0 Å². The van der Waals surface area contributed by atoms with E-state index in [1.165, 1.54) is 0 Å². The Morgan fingerprint density at radius 2 is 1.86 bits per heavy atom. The third-order valence-electron chi connectivity index (χ3n) is 2.54. The van der Waals surface area contributed by atoms with Crippen LogP contribution in [0.5, 0.6) is 5.75 Å². The Hall–Kier alpha value is -1.53. The van der Waals surface area contributed by atoms with E-state index in [1.807, 2.05) is 24.3 Å². The molecule has 2 aromatic rings. The zero-order valence-corrected chi connectivity index (χ0v) is 14.2. The van der Waals surface area contributed by atoms with Crippen molar-refractivity contribution in [3.8, 4) is 5.75 Å². The van der Waals surface area contributed by atoms with Crippen molar-refractivity contribution in [2.45, 2.75) is 0 Å². The van der Waals surface area contributed by atoms with E-state index in [1.54, 1.807) is 18.2 Å². The average molecular weight is 415 g/mol. The molecule has 2 rings (SSSR count). The van der Waals surface area contributed by atoms with Crippen LogP contribution >= 0.6 is 31.9 Å². The second-order valence-electron chi connectivity index (χ2n) is 4.21. The first-order valence-corrected chi connectivity index (χ1v) is 7.75. The topological polar surface area (TPSA) is 61.6 Å². The molecular formula is C15H13Br2NO3. The number of benzene rings is 2. The highest BCUT2D eigenvalue weighted by molar-refractivity contribution is 9.10. The van der Waals surface area contributed by atoms with Gasteiger partial charge in [-0.3, -0.25) is 0 Å². The lowest BCUT2D eigenvalue weighted by atomic mass is 10.2. The van der Waals surface area contributed by atoms with Crippen molar-refractivity contribution in [2.24, 2.45) is 0 Å². The fraction of sp³-hybridized carbons (Fsp3) is 0.133. The summed E-state index contributed by atoms with van der Waals surface area (Å²) in [7, 11) is 0. The van der Waals surface area contributed by atoms with Crippen LogP contribution < -0.4 is 10.5 Å². The SMILES string of the molecule is Nc1cc(Br)cc(C(=O)OCCOc2cccc(Br)c2)c1. The summed E-state index contributed by atoms with van der Waals surface area (Å²) < 4.78 is 12.3. The first-order chi connectivity index (χ1) is 10.0. The monoisotopic (exact) mass is 413 g/mol. The molecule has 0 saturated heterocycles. The van der Waals surface area contributed by atoms with E-state index in [2.05, 4.69) is 31.9 Å². The molecule has 110 valence electrons. The fourth-order valence-corrected chi connectivity index (χ4v) is 2.55. The van der Waals surface area contributed by atoms with E-state index in [-0.39, 0.29) is 13.2 Å². The molecule has 0 unspecified atom stereocenters. The van der Waals surface area contributed by atoms with Gasteiger partial charge in [-0.1, -0.05) is 37.9 Å². The summed E-state index contributed by atoms with van der Waals surface area (Å²) in [6, 6.07) is 12.4. The van der Waals surface area contributed by atoms with Gasteiger partial charge in [0.15, 0.2) is 0 Å². The van der Waals surface area contributed by atoms with E-state index < -0.39 is 5.97 Å². The Balaban J connectivity index is 1.82. The molecule has 6 heteroatoms. The van der Waals surface area contributed by atoms with Crippen molar-refractivity contribution >= 4 is 43.5 Å². The van der Waals surface area contributed by atoms with Gasteiger partial charge in [0.2, 0.25) is 0 Å². The van der Waals surface area contributed by atoms with Gasteiger partial charge in [0.1, 0.15) is 19.0 Å². The molecule has 0 spiro atoms. The highest BCUT2D eigenvalue weighted by Gasteiger charge is 2.08. The normalized spacial score (nSPS) is 10.2. The second-order valence-corrected chi connectivity index (χ2v) is 6.05. The largest absolute Gasteiger partial charge is 0.490 e. The Labute approximate surface area is 139 Å². The number of nitrogen functional groups attached to an aromatic ring is 1. The summed E-state index contributed by atoms with van der Waals surface area (Å²) in [5.41, 5.74) is 6.58. The van der Waals surface area contributed by atoms with Crippen LogP contribution in [0.4, 0.5) is 5.69 Å². The number of carbonyl (C=O) groups is 1. The predicted molar refractivity (Wildman–Crippen MR) is 88.5 cm³/mol. The molecule has 0 aliphatic rings. The highest BCUT2D eigenvalue weighted by atomic mass is 79.9. The van der Waals surface area contributed by atoms with Crippen molar-refractivity contribution in [3.05, 3.63) is 57.0 Å². The summed E-state index contributed by atoms with van der Waals surface area (Å²) in [5, 5.41) is 0. The lowest BCUT2D eigenvalue weighted by molar-refractivity contribution is 0.0450. The van der Waals surface area contributed by atoms with Gasteiger partial charge in [-0.05, 0) is 36.4 Å². The zero-order chi connectivity index (χ0) is 15.2. The van der Waals surface area contributed by atoms with Crippen LogP contribution in [-0.4, -0.2) is 19.2 Å². The molecule has 2 aromatic carbocycles. The Morgan fingerprint density at radius 3 is 2.57 bits per heavy atom. The summed E-state index contributed by atoms with van der Waals surface area (Å²) in [5.74, 6) is 0.285. The van der Waals surface area contributed by atoms with Crippen LogP contribution in [0.1, 0.15) is 10.4 Å². The number of esters is 1. The number of rotatable bonds is 5. The molecule has 0 fully saturated rings. The smallest absolute Gasteiger partial charge is 0.338 e. The molecule has 0 atom stereocenters. The number of hydrogen-bond donors (Lipinski definition) is 1. The second kappa shape index (κ2) is 7.47. The maximum atomic E-state index is 11.9. The van der Waals surface area contributed by atoms with Gasteiger partial charge in [0, 0.05) is 14.6 Å². The molecule has 0 aliphatic heterocycles. The molecule has 2 N–H and O–H groups in total. The van der Waals surface area contributed by atoms with Crippen LogP contribution in [0.25, 0.3) is 0 Å². The lowest BCUT2D eigenvalue weighted by Crippen LogP contribution is -2.12. The number of anilines is 1. The fourth-order valence-electron chi connectivity index (χ4n) is 1.66. The van der Waals surface area contributed by atoms with Gasteiger partial charge in [-0.2, -0.15) is 0 Å². The lowest BCUT2D eigenvalue weighted by Gasteiger charge is -2.08. The Kier molecular flexibility index (Phi) is 5.64. The molecule has 0 heterocycles. The molecule has 0 bridgehead atoms. The zero-order valence-electron chi connectivity index (χ0n) is 11.0. The number of hydrogen-bond acceptors (Lipinski definition) is 4. The third kappa shape index (κ3) is 5.06. The van der Waals surface area contributed by atoms with Crippen LogP contribution in [0.3, 0.4) is 0 Å². The van der Waals surface area contributed by atoms with Crippen LogP contribution in [0.15, 0.2) is 51.4 Å². The maximum absolute atomic E-state index is 11.9. The molecule has 0 radical (unpaired) electrons. The average Bonchev–Trinajstić information content (AvgIpc) is 2.42. The predicted octanol–water partition coefficient (Wildman–Crippen LogP) is 4.03. The minimum absolute atomic E-state index is 0.164. The molecule has 0 amide bonds. The van der Waals surface area contributed by atoms with Crippen molar-refractivity contribution in [2.75, 3.05) is 18.9 Å². The van der Waals surface area contributed by atoms with Crippen molar-refractivity contribution in [1.29, 1.82) is 0 Å². The van der Waals surface area contributed by atoms with Gasteiger partial charge in [0.05, 0.1) is 5.56 Å². The number of ether oxygens (including phenoxy) is 2. The molecule has 4 nitrogen and oxygen atoms in total. The van der Waals surface area contributed by atoms with Gasteiger partial charge in [-0.15, -0.1) is 0 Å². The number of halogens is 2. The third-order valence-corrected chi connectivity index (χ3v) is 3.49. The van der Waals surface area contributed by atoms with E-state index in [9.17, 15) is 4.79 Å². The summed E-state index contributed by atoms with van der Waals surface area (Å²) in [4.78, 5) is 11.9. The van der Waals surface area contributed by atoms with Crippen molar-refractivity contribution < 1.29 is 14.3 Å². The number of nitrogens with two attached hydrogens (primary N) is 1. The summed E-state index contributed by atoms with van der Waals surface area (Å²) in [6.45, 7) is 0.448. The first-order valence-electron chi connectivity index (χ1n) is 6.16. The van der Waals surface area contributed by atoms with Crippen LogP contribution in [-0.2, 0) is 4.74 Å². The minimum Gasteiger partial charge on any atom is -0.490 e.